The summed E-state index contributed by atoms with van der Waals surface area (Å²) in [4.78, 5) is 0. The predicted molar refractivity (Wildman–Crippen MR) is 81.8 cm³/mol. The van der Waals surface area contributed by atoms with Gasteiger partial charge in [0.05, 0.1) is 0 Å². The smallest absolute Gasteiger partial charge is 0.123 e. The molecule has 0 saturated heterocycles. The van der Waals surface area contributed by atoms with E-state index < -0.39 is 0 Å². The summed E-state index contributed by atoms with van der Waals surface area (Å²) in [6.07, 6.45) is 2.03. The molecule has 0 atom stereocenters. The quantitative estimate of drug-likeness (QED) is 0.745. The summed E-state index contributed by atoms with van der Waals surface area (Å²) in [5, 5.41) is 5.11. The van der Waals surface area contributed by atoms with Gasteiger partial charge in [0.15, 0.2) is 0 Å². The van der Waals surface area contributed by atoms with Crippen LogP contribution in [-0.4, -0.2) is 11.1 Å². The molecular weight excluding hydrogens is 275 g/mol. The highest BCUT2D eigenvalue weighted by Gasteiger charge is 2.03. The van der Waals surface area contributed by atoms with E-state index in [1.54, 1.807) is 12.1 Å². The van der Waals surface area contributed by atoms with E-state index in [0.29, 0.717) is 0 Å². The molecule has 3 aromatic rings. The van der Waals surface area contributed by atoms with Gasteiger partial charge in [0, 0.05) is 40.9 Å². The molecule has 2 aromatic carbocycles. The van der Waals surface area contributed by atoms with Gasteiger partial charge in [-0.3, -0.25) is 0 Å². The fourth-order valence-electron chi connectivity index (χ4n) is 2.27. The van der Waals surface area contributed by atoms with Crippen LogP contribution in [0.4, 0.5) is 10.1 Å². The molecule has 0 unspecified atom stereocenters. The van der Waals surface area contributed by atoms with E-state index in [1.165, 1.54) is 12.1 Å². The number of fused-ring (bicyclic) bond motifs is 1. The highest BCUT2D eigenvalue weighted by Crippen LogP contribution is 2.24. The molecule has 20 heavy (non-hydrogen) atoms. The van der Waals surface area contributed by atoms with Crippen molar-refractivity contribution in [3.8, 4) is 0 Å². The molecule has 0 fully saturated rings. The number of hydrogen-bond donors (Lipinski definition) is 1. The summed E-state index contributed by atoms with van der Waals surface area (Å²) in [6.45, 7) is 1.59. The molecule has 0 aliphatic carbocycles. The van der Waals surface area contributed by atoms with E-state index in [1.807, 2.05) is 24.4 Å². The van der Waals surface area contributed by atoms with Crippen molar-refractivity contribution in [3.05, 3.63) is 65.6 Å². The van der Waals surface area contributed by atoms with Crippen LogP contribution >= 0.6 is 11.6 Å². The average molecular weight is 289 g/mol. The summed E-state index contributed by atoms with van der Waals surface area (Å²) in [5.41, 5.74) is 2.04. The van der Waals surface area contributed by atoms with Gasteiger partial charge in [-0.05, 0) is 42.5 Å². The van der Waals surface area contributed by atoms with Crippen molar-refractivity contribution in [2.45, 2.75) is 6.54 Å². The Hall–Kier alpha value is -2.00. The lowest BCUT2D eigenvalue weighted by atomic mass is 10.2. The van der Waals surface area contributed by atoms with Crippen LogP contribution in [0.3, 0.4) is 0 Å². The normalized spacial score (nSPS) is 10.9. The molecular formula is C16H14ClFN2. The lowest BCUT2D eigenvalue weighted by Crippen LogP contribution is -2.09. The van der Waals surface area contributed by atoms with Crippen LogP contribution in [0.2, 0.25) is 5.02 Å². The van der Waals surface area contributed by atoms with Crippen molar-refractivity contribution < 1.29 is 4.39 Å². The fraction of sp³-hybridized carbons (Fsp3) is 0.125. The van der Waals surface area contributed by atoms with E-state index in [-0.39, 0.29) is 5.82 Å². The number of hydrogen-bond acceptors (Lipinski definition) is 1. The van der Waals surface area contributed by atoms with Crippen molar-refractivity contribution in [2.75, 3.05) is 11.9 Å². The van der Waals surface area contributed by atoms with Crippen LogP contribution < -0.4 is 5.32 Å². The highest BCUT2D eigenvalue weighted by molar-refractivity contribution is 6.35. The van der Waals surface area contributed by atoms with Crippen molar-refractivity contribution in [3.63, 3.8) is 0 Å². The first-order valence-electron chi connectivity index (χ1n) is 6.47. The van der Waals surface area contributed by atoms with Crippen LogP contribution in [-0.2, 0) is 6.54 Å². The molecule has 1 aromatic heterocycles. The molecule has 0 amide bonds. The van der Waals surface area contributed by atoms with Gasteiger partial charge in [-0.25, -0.2) is 4.39 Å². The van der Waals surface area contributed by atoms with Gasteiger partial charge in [0.25, 0.3) is 0 Å². The lowest BCUT2D eigenvalue weighted by molar-refractivity contribution is 0.628. The monoisotopic (exact) mass is 288 g/mol. The third-order valence-electron chi connectivity index (χ3n) is 3.29. The standard InChI is InChI=1S/C16H14ClFN2/c17-15-2-1-3-16-14(15)8-10-20(16)11-9-19-13-6-4-12(18)5-7-13/h1-8,10,19H,9,11H2. The molecule has 4 heteroatoms. The Morgan fingerprint density at radius 2 is 1.85 bits per heavy atom. The largest absolute Gasteiger partial charge is 0.383 e. The molecule has 0 aliphatic rings. The first kappa shape index (κ1) is 13.0. The first-order valence-corrected chi connectivity index (χ1v) is 6.84. The number of anilines is 1. The zero-order valence-corrected chi connectivity index (χ0v) is 11.6. The van der Waals surface area contributed by atoms with E-state index >= 15 is 0 Å². The van der Waals surface area contributed by atoms with Crippen molar-refractivity contribution in [2.24, 2.45) is 0 Å². The van der Waals surface area contributed by atoms with E-state index in [2.05, 4.69) is 16.0 Å². The van der Waals surface area contributed by atoms with Crippen LogP contribution in [0.1, 0.15) is 0 Å². The Morgan fingerprint density at radius 3 is 2.65 bits per heavy atom. The van der Waals surface area contributed by atoms with Crippen molar-refractivity contribution >= 4 is 28.2 Å². The Balaban J connectivity index is 1.68. The topological polar surface area (TPSA) is 17.0 Å². The maximum absolute atomic E-state index is 12.8. The molecule has 0 radical (unpaired) electrons. The van der Waals surface area contributed by atoms with Crippen LogP contribution in [0, 0.1) is 5.82 Å². The molecule has 1 heterocycles. The number of nitrogens with one attached hydrogen (secondary N) is 1. The molecule has 0 bridgehead atoms. The van der Waals surface area contributed by atoms with Crippen molar-refractivity contribution in [1.29, 1.82) is 0 Å². The van der Waals surface area contributed by atoms with Gasteiger partial charge in [-0.1, -0.05) is 17.7 Å². The minimum absolute atomic E-state index is 0.221. The summed E-state index contributed by atoms with van der Waals surface area (Å²) >= 11 is 6.15. The van der Waals surface area contributed by atoms with Gasteiger partial charge in [0.1, 0.15) is 5.82 Å². The number of nitrogens with zero attached hydrogens (tertiary/aromatic N) is 1. The maximum atomic E-state index is 12.8. The molecule has 1 N–H and O–H groups in total. The van der Waals surface area contributed by atoms with Gasteiger partial charge in [-0.15, -0.1) is 0 Å². The van der Waals surface area contributed by atoms with E-state index in [4.69, 9.17) is 11.6 Å². The van der Waals surface area contributed by atoms with Gasteiger partial charge >= 0.3 is 0 Å². The summed E-state index contributed by atoms with van der Waals surface area (Å²) in [5.74, 6) is -0.221. The SMILES string of the molecule is Fc1ccc(NCCn2ccc3c(Cl)cccc32)cc1. The zero-order chi connectivity index (χ0) is 13.9. The Labute approximate surface area is 121 Å². The number of benzene rings is 2. The number of aromatic nitrogens is 1. The molecule has 3 rings (SSSR count). The van der Waals surface area contributed by atoms with E-state index in [9.17, 15) is 4.39 Å². The van der Waals surface area contributed by atoms with Crippen LogP contribution in [0.5, 0.6) is 0 Å². The van der Waals surface area contributed by atoms with Gasteiger partial charge < -0.3 is 9.88 Å². The predicted octanol–water partition coefficient (Wildman–Crippen LogP) is 4.55. The third kappa shape index (κ3) is 2.63. The summed E-state index contributed by atoms with van der Waals surface area (Å²) < 4.78 is 15.0. The maximum Gasteiger partial charge on any atom is 0.123 e. The van der Waals surface area contributed by atoms with Crippen LogP contribution in [0.15, 0.2) is 54.7 Å². The molecule has 0 aliphatic heterocycles. The van der Waals surface area contributed by atoms with Crippen LogP contribution in [0.25, 0.3) is 10.9 Å². The fourth-order valence-corrected chi connectivity index (χ4v) is 2.50. The van der Waals surface area contributed by atoms with Crippen molar-refractivity contribution in [1.82, 2.24) is 4.57 Å². The molecule has 0 spiro atoms. The summed E-state index contributed by atoms with van der Waals surface area (Å²) in [7, 11) is 0. The Bertz CT molecular complexity index is 719. The Morgan fingerprint density at radius 1 is 1.05 bits per heavy atom. The van der Waals surface area contributed by atoms with Gasteiger partial charge in [-0.2, -0.15) is 0 Å². The minimum atomic E-state index is -0.221. The highest BCUT2D eigenvalue weighted by atomic mass is 35.5. The second-order valence-electron chi connectivity index (χ2n) is 4.62. The number of rotatable bonds is 4. The molecule has 2 nitrogen and oxygen atoms in total. The third-order valence-corrected chi connectivity index (χ3v) is 3.62. The minimum Gasteiger partial charge on any atom is -0.383 e. The molecule has 0 saturated carbocycles. The first-order chi connectivity index (χ1) is 9.74. The Kier molecular flexibility index (Phi) is 3.61. The molecule has 102 valence electrons. The zero-order valence-electron chi connectivity index (χ0n) is 10.8. The summed E-state index contributed by atoms with van der Waals surface area (Å²) in [6, 6.07) is 14.3. The average Bonchev–Trinajstić information content (AvgIpc) is 2.86. The number of halogens is 2. The van der Waals surface area contributed by atoms with Gasteiger partial charge in [0.2, 0.25) is 0 Å². The van der Waals surface area contributed by atoms with E-state index in [0.717, 1.165) is 34.7 Å². The second kappa shape index (κ2) is 5.55. The lowest BCUT2D eigenvalue weighted by Gasteiger charge is -2.08. The second-order valence-corrected chi connectivity index (χ2v) is 5.02.